The van der Waals surface area contributed by atoms with Gasteiger partial charge in [-0.25, -0.2) is 0 Å². The van der Waals surface area contributed by atoms with Crippen LogP contribution in [0.15, 0.2) is 54.6 Å². The summed E-state index contributed by atoms with van der Waals surface area (Å²) in [7, 11) is 0. The van der Waals surface area contributed by atoms with E-state index in [1.54, 1.807) is 0 Å². The Morgan fingerprint density at radius 3 is 2.00 bits per heavy atom. The lowest BCUT2D eigenvalue weighted by atomic mass is 9.78. The Morgan fingerprint density at radius 2 is 1.38 bits per heavy atom. The van der Waals surface area contributed by atoms with E-state index in [9.17, 15) is 0 Å². The van der Waals surface area contributed by atoms with Gasteiger partial charge in [0.2, 0.25) is 0 Å². The van der Waals surface area contributed by atoms with Crippen LogP contribution in [0, 0.1) is 3.57 Å². The lowest BCUT2D eigenvalue weighted by molar-refractivity contribution is 0.637. The SMILES string of the molecule is CC(C)(c1ccccc1)c1ccccc1I. The molecule has 2 aromatic carbocycles. The smallest absolute Gasteiger partial charge is 0.0171 e. The Kier molecular flexibility index (Phi) is 3.33. The van der Waals surface area contributed by atoms with Gasteiger partial charge in [0.25, 0.3) is 0 Å². The Hall–Kier alpha value is -0.830. The second-order valence-corrected chi connectivity index (χ2v) is 5.63. The summed E-state index contributed by atoms with van der Waals surface area (Å²) in [4.78, 5) is 0. The van der Waals surface area contributed by atoms with Gasteiger partial charge in [-0.2, -0.15) is 0 Å². The van der Waals surface area contributed by atoms with Gasteiger partial charge < -0.3 is 0 Å². The van der Waals surface area contributed by atoms with Crippen molar-refractivity contribution in [2.75, 3.05) is 0 Å². The Balaban J connectivity index is 2.51. The van der Waals surface area contributed by atoms with Crippen LogP contribution in [0.2, 0.25) is 0 Å². The van der Waals surface area contributed by atoms with Crippen molar-refractivity contribution in [2.45, 2.75) is 19.3 Å². The van der Waals surface area contributed by atoms with Crippen molar-refractivity contribution in [3.05, 3.63) is 69.3 Å². The minimum Gasteiger partial charge on any atom is -0.0622 e. The molecule has 2 rings (SSSR count). The molecule has 0 aliphatic heterocycles. The molecule has 0 aliphatic rings. The first kappa shape index (κ1) is 11.6. The number of benzene rings is 2. The molecule has 0 amide bonds. The maximum absolute atomic E-state index is 2.41. The summed E-state index contributed by atoms with van der Waals surface area (Å²) in [5.74, 6) is 0. The van der Waals surface area contributed by atoms with Gasteiger partial charge in [0, 0.05) is 8.99 Å². The molecule has 0 saturated carbocycles. The van der Waals surface area contributed by atoms with Crippen molar-refractivity contribution in [1.82, 2.24) is 0 Å². The fourth-order valence-corrected chi connectivity index (χ4v) is 3.04. The van der Waals surface area contributed by atoms with E-state index in [1.807, 2.05) is 0 Å². The van der Waals surface area contributed by atoms with Crippen molar-refractivity contribution in [3.8, 4) is 0 Å². The lowest BCUT2D eigenvalue weighted by Crippen LogP contribution is -2.20. The van der Waals surface area contributed by atoms with Crippen LogP contribution in [-0.2, 0) is 5.41 Å². The predicted molar refractivity (Wildman–Crippen MR) is 77.7 cm³/mol. The maximum atomic E-state index is 2.41. The molecule has 0 N–H and O–H groups in total. The van der Waals surface area contributed by atoms with Crippen LogP contribution >= 0.6 is 22.6 Å². The van der Waals surface area contributed by atoms with Crippen LogP contribution in [0.3, 0.4) is 0 Å². The van der Waals surface area contributed by atoms with Crippen LogP contribution in [0.1, 0.15) is 25.0 Å². The molecule has 0 unspecified atom stereocenters. The van der Waals surface area contributed by atoms with Crippen molar-refractivity contribution in [2.24, 2.45) is 0 Å². The summed E-state index contributed by atoms with van der Waals surface area (Å²) in [5.41, 5.74) is 2.82. The highest BCUT2D eigenvalue weighted by molar-refractivity contribution is 14.1. The van der Waals surface area contributed by atoms with Crippen LogP contribution < -0.4 is 0 Å². The largest absolute Gasteiger partial charge is 0.0622 e. The molecule has 0 fully saturated rings. The third-order valence-corrected chi connectivity index (χ3v) is 3.98. The first-order chi connectivity index (χ1) is 7.62. The quantitative estimate of drug-likeness (QED) is 0.708. The fraction of sp³-hybridized carbons (Fsp3) is 0.200. The highest BCUT2D eigenvalue weighted by Crippen LogP contribution is 2.33. The van der Waals surface area contributed by atoms with Crippen molar-refractivity contribution < 1.29 is 0 Å². The van der Waals surface area contributed by atoms with Gasteiger partial charge in [-0.15, -0.1) is 0 Å². The Bertz CT molecular complexity index is 472. The van der Waals surface area contributed by atoms with E-state index in [1.165, 1.54) is 14.7 Å². The molecule has 2 aromatic rings. The van der Waals surface area contributed by atoms with Gasteiger partial charge in [0.1, 0.15) is 0 Å². The third kappa shape index (κ3) is 2.14. The predicted octanol–water partition coefficient (Wildman–Crippen LogP) is 4.62. The summed E-state index contributed by atoms with van der Waals surface area (Å²) in [5, 5.41) is 0. The van der Waals surface area contributed by atoms with Crippen LogP contribution in [0.5, 0.6) is 0 Å². The Morgan fingerprint density at radius 1 is 0.812 bits per heavy atom. The second kappa shape index (κ2) is 4.58. The van der Waals surface area contributed by atoms with Crippen LogP contribution in [0.25, 0.3) is 0 Å². The molecule has 0 atom stereocenters. The average Bonchev–Trinajstić information content (AvgIpc) is 2.30. The van der Waals surface area contributed by atoms with Crippen LogP contribution in [0.4, 0.5) is 0 Å². The molecular weight excluding hydrogens is 307 g/mol. The van der Waals surface area contributed by atoms with Gasteiger partial charge in [-0.1, -0.05) is 62.4 Å². The van der Waals surface area contributed by atoms with Gasteiger partial charge >= 0.3 is 0 Å². The summed E-state index contributed by atoms with van der Waals surface area (Å²) >= 11 is 2.41. The second-order valence-electron chi connectivity index (χ2n) is 4.47. The van der Waals surface area contributed by atoms with E-state index in [4.69, 9.17) is 0 Å². The van der Waals surface area contributed by atoms with E-state index < -0.39 is 0 Å². The molecule has 16 heavy (non-hydrogen) atoms. The van der Waals surface area contributed by atoms with Gasteiger partial charge in [0.05, 0.1) is 0 Å². The molecule has 0 spiro atoms. The molecule has 0 aromatic heterocycles. The Labute approximate surface area is 111 Å². The first-order valence-corrected chi connectivity index (χ1v) is 6.51. The normalized spacial score (nSPS) is 11.4. The van der Waals surface area contributed by atoms with Gasteiger partial charge in [0.15, 0.2) is 0 Å². The van der Waals surface area contributed by atoms with Gasteiger partial charge in [-0.05, 0) is 39.8 Å². The van der Waals surface area contributed by atoms with Crippen molar-refractivity contribution >= 4 is 22.6 Å². The zero-order valence-electron chi connectivity index (χ0n) is 9.57. The third-order valence-electron chi connectivity index (χ3n) is 3.04. The summed E-state index contributed by atoms with van der Waals surface area (Å²) in [6.45, 7) is 4.56. The minimum absolute atomic E-state index is 0.0685. The molecule has 82 valence electrons. The topological polar surface area (TPSA) is 0 Å². The zero-order valence-corrected chi connectivity index (χ0v) is 11.7. The van der Waals surface area contributed by atoms with Crippen LogP contribution in [-0.4, -0.2) is 0 Å². The van der Waals surface area contributed by atoms with E-state index in [0.29, 0.717) is 0 Å². The number of hydrogen-bond donors (Lipinski definition) is 0. The standard InChI is InChI=1S/C15H15I/c1-15(2,12-8-4-3-5-9-12)13-10-6-7-11-14(13)16/h3-11H,1-2H3. The number of halogens is 1. The minimum atomic E-state index is 0.0685. The van der Waals surface area contributed by atoms with E-state index in [2.05, 4.69) is 91.0 Å². The van der Waals surface area contributed by atoms with E-state index in [-0.39, 0.29) is 5.41 Å². The molecule has 1 heteroatoms. The first-order valence-electron chi connectivity index (χ1n) is 5.43. The van der Waals surface area contributed by atoms with Crippen molar-refractivity contribution in [1.29, 1.82) is 0 Å². The highest BCUT2D eigenvalue weighted by atomic mass is 127. The molecule has 0 aliphatic carbocycles. The van der Waals surface area contributed by atoms with Gasteiger partial charge in [-0.3, -0.25) is 0 Å². The number of hydrogen-bond acceptors (Lipinski definition) is 0. The molecule has 0 radical (unpaired) electrons. The molecule has 0 nitrogen and oxygen atoms in total. The van der Waals surface area contributed by atoms with E-state index >= 15 is 0 Å². The zero-order chi connectivity index (χ0) is 11.6. The average molecular weight is 322 g/mol. The monoisotopic (exact) mass is 322 g/mol. The highest BCUT2D eigenvalue weighted by Gasteiger charge is 2.24. The molecule has 0 bridgehead atoms. The summed E-state index contributed by atoms with van der Waals surface area (Å²) < 4.78 is 1.33. The molecular formula is C15H15I. The number of rotatable bonds is 2. The maximum Gasteiger partial charge on any atom is 0.0171 e. The van der Waals surface area contributed by atoms with Crippen molar-refractivity contribution in [3.63, 3.8) is 0 Å². The molecule has 0 saturated heterocycles. The molecule has 0 heterocycles. The summed E-state index contributed by atoms with van der Waals surface area (Å²) in [6, 6.07) is 19.3. The fourth-order valence-electron chi connectivity index (χ4n) is 1.98. The lowest BCUT2D eigenvalue weighted by Gasteiger charge is -2.27. The van der Waals surface area contributed by atoms with E-state index in [0.717, 1.165) is 0 Å². The summed E-state index contributed by atoms with van der Waals surface area (Å²) in [6.07, 6.45) is 0.